The Morgan fingerprint density at radius 2 is 2.14 bits per heavy atom. The Hall–Kier alpha value is -1.18. The van der Waals surface area contributed by atoms with Crippen molar-refractivity contribution in [1.29, 1.82) is 0 Å². The quantitative estimate of drug-likeness (QED) is 0.839. The topological polar surface area (TPSA) is 86.7 Å². The Bertz CT molecular complexity index is 676. The lowest BCUT2D eigenvalue weighted by Crippen LogP contribution is -2.14. The summed E-state index contributed by atoms with van der Waals surface area (Å²) in [4.78, 5) is 0. The van der Waals surface area contributed by atoms with E-state index in [1.54, 1.807) is 23.1 Å². The zero-order valence-electron chi connectivity index (χ0n) is 11.6. The van der Waals surface area contributed by atoms with Gasteiger partial charge in [-0.15, -0.1) is 5.10 Å². The van der Waals surface area contributed by atoms with Crippen LogP contribution in [0.3, 0.4) is 0 Å². The molecule has 0 fully saturated rings. The first kappa shape index (κ1) is 16.2. The summed E-state index contributed by atoms with van der Waals surface area (Å²) in [5.74, 6) is 0.489. The molecule has 2 atom stereocenters. The number of tetrazole rings is 1. The fourth-order valence-corrected chi connectivity index (χ4v) is 2.65. The molecule has 0 aliphatic heterocycles. The number of nitrogen functional groups attached to an aromatic ring is 1. The standard InChI is InChI=1S/C12H15Cl2N5OS/c1-7(21(2)20)3-4-19-12(16-17-18-19)9-5-8(15)6-10(13)11(9)14/h5-7H,3-4,15H2,1-2H3. The van der Waals surface area contributed by atoms with Crippen LogP contribution in [0.4, 0.5) is 5.69 Å². The first-order chi connectivity index (χ1) is 9.90. The summed E-state index contributed by atoms with van der Waals surface area (Å²) in [7, 11) is -0.884. The normalized spacial score (nSPS) is 14.1. The van der Waals surface area contributed by atoms with Gasteiger partial charge in [0.25, 0.3) is 0 Å². The van der Waals surface area contributed by atoms with Crippen molar-refractivity contribution in [1.82, 2.24) is 20.2 Å². The summed E-state index contributed by atoms with van der Waals surface area (Å²) in [5, 5.41) is 12.3. The number of benzene rings is 1. The van der Waals surface area contributed by atoms with Gasteiger partial charge in [0.1, 0.15) is 0 Å². The van der Waals surface area contributed by atoms with Crippen molar-refractivity contribution in [3.05, 3.63) is 22.2 Å². The average molecular weight is 348 g/mol. The molecule has 2 rings (SSSR count). The van der Waals surface area contributed by atoms with Crippen LogP contribution >= 0.6 is 23.2 Å². The first-order valence-electron chi connectivity index (χ1n) is 6.23. The minimum Gasteiger partial charge on any atom is -0.399 e. The molecule has 0 radical (unpaired) electrons. The van der Waals surface area contributed by atoms with Gasteiger partial charge in [-0.2, -0.15) is 0 Å². The highest BCUT2D eigenvalue weighted by Gasteiger charge is 2.16. The second kappa shape index (κ2) is 6.72. The zero-order valence-corrected chi connectivity index (χ0v) is 13.9. The molecule has 2 N–H and O–H groups in total. The number of aryl methyl sites for hydroxylation is 1. The van der Waals surface area contributed by atoms with Crippen LogP contribution in [0.5, 0.6) is 0 Å². The summed E-state index contributed by atoms with van der Waals surface area (Å²) in [6, 6.07) is 3.25. The highest BCUT2D eigenvalue weighted by atomic mass is 35.5. The Morgan fingerprint density at radius 3 is 2.81 bits per heavy atom. The van der Waals surface area contributed by atoms with Gasteiger partial charge >= 0.3 is 0 Å². The van der Waals surface area contributed by atoms with Crippen molar-refractivity contribution in [3.8, 4) is 11.4 Å². The summed E-state index contributed by atoms with van der Waals surface area (Å²) < 4.78 is 13.0. The molecule has 0 aliphatic carbocycles. The van der Waals surface area contributed by atoms with Gasteiger partial charge in [-0.1, -0.05) is 30.1 Å². The van der Waals surface area contributed by atoms with Crippen LogP contribution in [-0.2, 0) is 17.3 Å². The van der Waals surface area contributed by atoms with Crippen LogP contribution in [0.2, 0.25) is 10.0 Å². The number of hydrogen-bond donors (Lipinski definition) is 1. The summed E-state index contributed by atoms with van der Waals surface area (Å²) >= 11 is 12.2. The van der Waals surface area contributed by atoms with Crippen LogP contribution in [0.1, 0.15) is 13.3 Å². The van der Waals surface area contributed by atoms with Crippen molar-refractivity contribution in [2.24, 2.45) is 0 Å². The molecule has 9 heteroatoms. The number of nitrogens with two attached hydrogens (primary N) is 1. The third-order valence-electron chi connectivity index (χ3n) is 3.14. The minimum atomic E-state index is -0.884. The third-order valence-corrected chi connectivity index (χ3v) is 5.31. The summed E-state index contributed by atoms with van der Waals surface area (Å²) in [6.45, 7) is 2.45. The number of rotatable bonds is 5. The van der Waals surface area contributed by atoms with E-state index >= 15 is 0 Å². The Kier molecular flexibility index (Phi) is 5.18. The third kappa shape index (κ3) is 3.72. The van der Waals surface area contributed by atoms with E-state index in [0.29, 0.717) is 40.1 Å². The van der Waals surface area contributed by atoms with E-state index in [2.05, 4.69) is 15.5 Å². The van der Waals surface area contributed by atoms with Gasteiger partial charge in [0.15, 0.2) is 5.82 Å². The maximum atomic E-state index is 11.4. The second-order valence-electron chi connectivity index (χ2n) is 4.69. The van der Waals surface area contributed by atoms with Crippen molar-refractivity contribution in [2.75, 3.05) is 12.0 Å². The lowest BCUT2D eigenvalue weighted by molar-refractivity contribution is 0.556. The van der Waals surface area contributed by atoms with Crippen LogP contribution in [-0.4, -0.2) is 35.9 Å². The molecule has 0 aliphatic rings. The van der Waals surface area contributed by atoms with Gasteiger partial charge in [-0.3, -0.25) is 4.21 Å². The van der Waals surface area contributed by atoms with E-state index in [0.717, 1.165) is 0 Å². The Balaban J connectivity index is 2.31. The molecule has 0 saturated heterocycles. The van der Waals surface area contributed by atoms with Gasteiger partial charge in [-0.25, -0.2) is 4.68 Å². The summed E-state index contributed by atoms with van der Waals surface area (Å²) in [6.07, 6.45) is 2.37. The van der Waals surface area contributed by atoms with Crippen molar-refractivity contribution in [3.63, 3.8) is 0 Å². The van der Waals surface area contributed by atoms with E-state index in [9.17, 15) is 4.21 Å². The van der Waals surface area contributed by atoms with Gasteiger partial charge in [0.05, 0.1) is 10.0 Å². The van der Waals surface area contributed by atoms with Gasteiger partial charge in [0.2, 0.25) is 0 Å². The predicted octanol–water partition coefficient (Wildman–Crippen LogP) is 2.39. The van der Waals surface area contributed by atoms with Gasteiger partial charge in [0, 0.05) is 40.1 Å². The molecule has 0 bridgehead atoms. The molecule has 1 heterocycles. The molecule has 1 aromatic carbocycles. The minimum absolute atomic E-state index is 0.0574. The highest BCUT2D eigenvalue weighted by Crippen LogP contribution is 2.34. The van der Waals surface area contributed by atoms with E-state index in [4.69, 9.17) is 28.9 Å². The number of aromatic nitrogens is 4. The molecule has 0 spiro atoms. The predicted molar refractivity (Wildman–Crippen MR) is 85.8 cm³/mol. The molecule has 0 amide bonds. The number of halogens is 2. The molecule has 2 aromatic rings. The molecule has 6 nitrogen and oxygen atoms in total. The average Bonchev–Trinajstić information content (AvgIpc) is 2.88. The first-order valence-corrected chi connectivity index (χ1v) is 8.61. The fraction of sp³-hybridized carbons (Fsp3) is 0.417. The molecule has 0 saturated carbocycles. The van der Waals surface area contributed by atoms with Crippen LogP contribution in [0, 0.1) is 0 Å². The molecule has 2 unspecified atom stereocenters. The molecular formula is C12H15Cl2N5OS. The number of nitrogens with zero attached hydrogens (tertiary/aromatic N) is 4. The van der Waals surface area contributed by atoms with E-state index in [-0.39, 0.29) is 5.25 Å². The van der Waals surface area contributed by atoms with Crippen LogP contribution < -0.4 is 5.73 Å². The van der Waals surface area contributed by atoms with Crippen molar-refractivity contribution >= 4 is 39.7 Å². The molecule has 1 aromatic heterocycles. The summed E-state index contributed by atoms with van der Waals surface area (Å²) in [5.41, 5.74) is 6.85. The van der Waals surface area contributed by atoms with Crippen LogP contribution in [0.15, 0.2) is 12.1 Å². The van der Waals surface area contributed by atoms with E-state index in [1.165, 1.54) is 0 Å². The van der Waals surface area contributed by atoms with Crippen LogP contribution in [0.25, 0.3) is 11.4 Å². The Labute approximate surface area is 135 Å². The lowest BCUT2D eigenvalue weighted by atomic mass is 10.2. The Morgan fingerprint density at radius 1 is 1.43 bits per heavy atom. The maximum absolute atomic E-state index is 11.4. The largest absolute Gasteiger partial charge is 0.399 e. The lowest BCUT2D eigenvalue weighted by Gasteiger charge is -2.10. The van der Waals surface area contributed by atoms with Gasteiger partial charge in [-0.05, 0) is 29.0 Å². The molecule has 21 heavy (non-hydrogen) atoms. The van der Waals surface area contributed by atoms with E-state index in [1.807, 2.05) is 6.92 Å². The fourth-order valence-electron chi connectivity index (χ4n) is 1.79. The molecule has 114 valence electrons. The second-order valence-corrected chi connectivity index (χ2v) is 7.27. The molecular weight excluding hydrogens is 333 g/mol. The monoisotopic (exact) mass is 347 g/mol. The maximum Gasteiger partial charge on any atom is 0.183 e. The van der Waals surface area contributed by atoms with Crippen molar-refractivity contribution in [2.45, 2.75) is 25.1 Å². The van der Waals surface area contributed by atoms with Gasteiger partial charge < -0.3 is 5.73 Å². The van der Waals surface area contributed by atoms with E-state index < -0.39 is 10.8 Å². The zero-order chi connectivity index (χ0) is 15.6. The smallest absolute Gasteiger partial charge is 0.183 e. The number of anilines is 1. The SMILES string of the molecule is CC(CCn1nnnc1-c1cc(N)cc(Cl)c1Cl)S(C)=O. The highest BCUT2D eigenvalue weighted by molar-refractivity contribution is 7.84. The van der Waals surface area contributed by atoms with Crippen molar-refractivity contribution < 1.29 is 4.21 Å². The number of hydrogen-bond acceptors (Lipinski definition) is 5.